The highest BCUT2D eigenvalue weighted by Gasteiger charge is 1.91. The second-order valence-corrected chi connectivity index (χ2v) is 3.51. The molecule has 0 unspecified atom stereocenters. The first-order chi connectivity index (χ1) is 8.34. The molecule has 2 rings (SSSR count). The van der Waals surface area contributed by atoms with Crippen molar-refractivity contribution in [3.63, 3.8) is 0 Å². The highest BCUT2D eigenvalue weighted by Crippen LogP contribution is 2.02. The van der Waals surface area contributed by atoms with E-state index in [0.717, 1.165) is 11.1 Å². The van der Waals surface area contributed by atoms with Crippen molar-refractivity contribution in [1.29, 1.82) is 0 Å². The van der Waals surface area contributed by atoms with Crippen LogP contribution in [0.15, 0.2) is 54.9 Å². The first-order valence-electron chi connectivity index (χ1n) is 5.28. The number of ketones is 1. The maximum absolute atomic E-state index is 11.5. The molecule has 1 aromatic heterocycles. The Kier molecular flexibility index (Phi) is 3.65. The summed E-state index contributed by atoms with van der Waals surface area (Å²) in [7, 11) is 0. The number of benzene rings is 1. The summed E-state index contributed by atoms with van der Waals surface area (Å²) in [6.07, 6.45) is 9.97. The number of carbonyl (C=O) groups excluding carboxylic acids is 1. The molecular formula is C14H12N2O. The lowest BCUT2D eigenvalue weighted by Gasteiger charge is -1.89. The predicted molar refractivity (Wildman–Crippen MR) is 68.1 cm³/mol. The molecule has 3 heteroatoms. The van der Waals surface area contributed by atoms with Crippen LogP contribution in [0, 0.1) is 0 Å². The SMILES string of the molecule is O=C(/C=C/c1ccccc1)/C=C/c1cn[nH]c1. The number of nitrogens with zero attached hydrogens (tertiary/aromatic N) is 1. The van der Waals surface area contributed by atoms with Gasteiger partial charge in [-0.15, -0.1) is 0 Å². The Morgan fingerprint density at radius 3 is 2.41 bits per heavy atom. The number of rotatable bonds is 4. The van der Waals surface area contributed by atoms with Gasteiger partial charge in [-0.05, 0) is 23.8 Å². The second-order valence-electron chi connectivity index (χ2n) is 3.51. The van der Waals surface area contributed by atoms with E-state index < -0.39 is 0 Å². The molecule has 0 saturated heterocycles. The summed E-state index contributed by atoms with van der Waals surface area (Å²) >= 11 is 0. The van der Waals surface area contributed by atoms with Crippen molar-refractivity contribution in [2.24, 2.45) is 0 Å². The van der Waals surface area contributed by atoms with Gasteiger partial charge in [0, 0.05) is 11.8 Å². The molecule has 0 aliphatic rings. The van der Waals surface area contributed by atoms with Crippen LogP contribution in [0.4, 0.5) is 0 Å². The third kappa shape index (κ3) is 3.57. The number of allylic oxidation sites excluding steroid dienone is 2. The Bertz CT molecular complexity index is 525. The van der Waals surface area contributed by atoms with Crippen LogP contribution in [0.25, 0.3) is 12.2 Å². The number of hydrogen-bond donors (Lipinski definition) is 1. The van der Waals surface area contributed by atoms with Gasteiger partial charge in [0.15, 0.2) is 5.78 Å². The van der Waals surface area contributed by atoms with Gasteiger partial charge in [0.25, 0.3) is 0 Å². The van der Waals surface area contributed by atoms with Crippen LogP contribution in [-0.4, -0.2) is 16.0 Å². The molecule has 0 aliphatic carbocycles. The number of aromatic amines is 1. The van der Waals surface area contributed by atoms with Crippen LogP contribution in [0.1, 0.15) is 11.1 Å². The zero-order valence-corrected chi connectivity index (χ0v) is 9.21. The van der Waals surface area contributed by atoms with Crippen molar-refractivity contribution in [2.75, 3.05) is 0 Å². The summed E-state index contributed by atoms with van der Waals surface area (Å²) in [5.74, 6) is -0.0462. The Morgan fingerprint density at radius 2 is 1.76 bits per heavy atom. The van der Waals surface area contributed by atoms with Crippen molar-refractivity contribution in [1.82, 2.24) is 10.2 Å². The maximum atomic E-state index is 11.5. The van der Waals surface area contributed by atoms with E-state index in [1.165, 1.54) is 6.08 Å². The van der Waals surface area contributed by atoms with E-state index in [2.05, 4.69) is 10.2 Å². The Labute approximate surface area is 99.5 Å². The Morgan fingerprint density at radius 1 is 1.06 bits per heavy atom. The highest BCUT2D eigenvalue weighted by molar-refractivity contribution is 6.04. The normalized spacial score (nSPS) is 11.3. The predicted octanol–water partition coefficient (Wildman–Crippen LogP) is 2.71. The first-order valence-corrected chi connectivity index (χ1v) is 5.28. The van der Waals surface area contributed by atoms with Gasteiger partial charge < -0.3 is 0 Å². The number of aromatic nitrogens is 2. The van der Waals surface area contributed by atoms with E-state index >= 15 is 0 Å². The average molecular weight is 224 g/mol. The van der Waals surface area contributed by atoms with Crippen molar-refractivity contribution in [2.45, 2.75) is 0 Å². The number of hydrogen-bond acceptors (Lipinski definition) is 2. The van der Waals surface area contributed by atoms with Crippen LogP contribution in [0.5, 0.6) is 0 Å². The average Bonchev–Trinajstić information content (AvgIpc) is 2.88. The molecule has 0 fully saturated rings. The smallest absolute Gasteiger partial charge is 0.178 e. The summed E-state index contributed by atoms with van der Waals surface area (Å²) in [5.41, 5.74) is 1.89. The molecule has 2 aromatic rings. The fourth-order valence-corrected chi connectivity index (χ4v) is 1.33. The standard InChI is InChI=1S/C14H12N2O/c17-14(9-7-13-10-15-16-11-13)8-6-12-4-2-1-3-5-12/h1-11H,(H,15,16)/b8-6+,9-7+. The molecule has 0 radical (unpaired) electrons. The van der Waals surface area contributed by atoms with Crippen molar-refractivity contribution in [3.8, 4) is 0 Å². The molecule has 1 heterocycles. The molecule has 17 heavy (non-hydrogen) atoms. The van der Waals surface area contributed by atoms with Crippen molar-refractivity contribution < 1.29 is 4.79 Å². The third-order valence-corrected chi connectivity index (χ3v) is 2.20. The van der Waals surface area contributed by atoms with Crippen LogP contribution in [0.2, 0.25) is 0 Å². The van der Waals surface area contributed by atoms with Crippen LogP contribution < -0.4 is 0 Å². The minimum atomic E-state index is -0.0462. The molecular weight excluding hydrogens is 212 g/mol. The Hall–Kier alpha value is -2.42. The fraction of sp³-hybridized carbons (Fsp3) is 0. The molecule has 3 nitrogen and oxygen atoms in total. The number of carbonyl (C=O) groups is 1. The van der Waals surface area contributed by atoms with E-state index in [-0.39, 0.29) is 5.78 Å². The molecule has 0 spiro atoms. The lowest BCUT2D eigenvalue weighted by molar-refractivity contribution is -0.110. The third-order valence-electron chi connectivity index (χ3n) is 2.20. The molecule has 0 aliphatic heterocycles. The van der Waals surface area contributed by atoms with Gasteiger partial charge >= 0.3 is 0 Å². The van der Waals surface area contributed by atoms with E-state index in [1.54, 1.807) is 30.6 Å². The molecule has 0 atom stereocenters. The topological polar surface area (TPSA) is 45.8 Å². The lowest BCUT2D eigenvalue weighted by Crippen LogP contribution is -1.84. The first kappa shape index (κ1) is 11.1. The summed E-state index contributed by atoms with van der Waals surface area (Å²) in [6.45, 7) is 0. The largest absolute Gasteiger partial charge is 0.290 e. The minimum Gasteiger partial charge on any atom is -0.290 e. The number of nitrogens with one attached hydrogen (secondary N) is 1. The molecule has 1 aromatic carbocycles. The van der Waals surface area contributed by atoms with Gasteiger partial charge in [0.05, 0.1) is 6.20 Å². The van der Waals surface area contributed by atoms with Crippen LogP contribution in [-0.2, 0) is 4.79 Å². The summed E-state index contributed by atoms with van der Waals surface area (Å²) in [5, 5.41) is 6.47. The monoisotopic (exact) mass is 224 g/mol. The quantitative estimate of drug-likeness (QED) is 0.811. The molecule has 1 N–H and O–H groups in total. The molecule has 0 saturated carbocycles. The van der Waals surface area contributed by atoms with Crippen LogP contribution in [0.3, 0.4) is 0 Å². The van der Waals surface area contributed by atoms with E-state index in [0.29, 0.717) is 0 Å². The molecule has 84 valence electrons. The zero-order chi connectivity index (χ0) is 11.9. The zero-order valence-electron chi connectivity index (χ0n) is 9.21. The van der Waals surface area contributed by atoms with Gasteiger partial charge in [-0.25, -0.2) is 0 Å². The maximum Gasteiger partial charge on any atom is 0.178 e. The minimum absolute atomic E-state index is 0.0462. The lowest BCUT2D eigenvalue weighted by atomic mass is 10.2. The van der Waals surface area contributed by atoms with E-state index in [9.17, 15) is 4.79 Å². The highest BCUT2D eigenvalue weighted by atomic mass is 16.1. The van der Waals surface area contributed by atoms with Crippen LogP contribution >= 0.6 is 0 Å². The summed E-state index contributed by atoms with van der Waals surface area (Å²) in [6, 6.07) is 9.71. The molecule has 0 amide bonds. The van der Waals surface area contributed by atoms with Gasteiger partial charge in [0.1, 0.15) is 0 Å². The summed E-state index contributed by atoms with van der Waals surface area (Å²) < 4.78 is 0. The van der Waals surface area contributed by atoms with Crippen molar-refractivity contribution >= 4 is 17.9 Å². The van der Waals surface area contributed by atoms with Gasteiger partial charge in [-0.3, -0.25) is 9.89 Å². The van der Waals surface area contributed by atoms with Gasteiger partial charge in [0.2, 0.25) is 0 Å². The van der Waals surface area contributed by atoms with Crippen molar-refractivity contribution in [3.05, 3.63) is 66.0 Å². The van der Waals surface area contributed by atoms with E-state index in [4.69, 9.17) is 0 Å². The Balaban J connectivity index is 1.96. The van der Waals surface area contributed by atoms with Gasteiger partial charge in [-0.1, -0.05) is 36.4 Å². The molecule has 0 bridgehead atoms. The van der Waals surface area contributed by atoms with E-state index in [1.807, 2.05) is 30.3 Å². The fourth-order valence-electron chi connectivity index (χ4n) is 1.33. The van der Waals surface area contributed by atoms with Gasteiger partial charge in [-0.2, -0.15) is 5.10 Å². The second kappa shape index (κ2) is 5.61. The summed E-state index contributed by atoms with van der Waals surface area (Å²) in [4.78, 5) is 11.5. The number of H-pyrrole nitrogens is 1.